The molecule has 188 valence electrons. The first-order valence-electron chi connectivity index (χ1n) is 11.1. The van der Waals surface area contributed by atoms with Gasteiger partial charge in [0.05, 0.1) is 31.1 Å². The first-order valence-corrected chi connectivity index (χ1v) is 12.7. The predicted octanol–water partition coefficient (Wildman–Crippen LogP) is 1.98. The highest BCUT2D eigenvalue weighted by Crippen LogP contribution is 2.19. The fourth-order valence-corrected chi connectivity index (χ4v) is 4.83. The maximum atomic E-state index is 12.8. The van der Waals surface area contributed by atoms with Crippen LogP contribution in [0.3, 0.4) is 0 Å². The lowest BCUT2D eigenvalue weighted by Gasteiger charge is -2.33. The molecule has 0 saturated carbocycles. The fraction of sp³-hybridized carbons (Fsp3) is 0.375. The van der Waals surface area contributed by atoms with Crippen molar-refractivity contribution < 1.29 is 32.3 Å². The minimum absolute atomic E-state index is 0.105. The first-order chi connectivity index (χ1) is 16.7. The molecule has 1 saturated heterocycles. The molecule has 0 unspecified atom stereocenters. The third-order valence-corrected chi connectivity index (χ3v) is 7.63. The lowest BCUT2D eigenvalue weighted by molar-refractivity contribution is 0.0598. The average molecular weight is 504 g/mol. The molecule has 1 heterocycles. The van der Waals surface area contributed by atoms with Crippen LogP contribution in [0.15, 0.2) is 42.5 Å². The number of hydrogen-bond donors (Lipinski definition) is 1. The molecule has 0 aliphatic carbocycles. The molecule has 10 nitrogen and oxygen atoms in total. The number of benzene rings is 2. The Hall–Kier alpha value is -3.28. The Morgan fingerprint density at radius 1 is 0.857 bits per heavy atom. The van der Waals surface area contributed by atoms with Crippen LogP contribution in [0.4, 0.5) is 5.69 Å². The largest absolute Gasteiger partial charge is 0.465 e. The lowest BCUT2D eigenvalue weighted by Crippen LogP contribution is -2.48. The van der Waals surface area contributed by atoms with Crippen LogP contribution in [0.25, 0.3) is 0 Å². The van der Waals surface area contributed by atoms with Crippen molar-refractivity contribution in [1.29, 1.82) is 0 Å². The van der Waals surface area contributed by atoms with Gasteiger partial charge < -0.3 is 14.8 Å². The van der Waals surface area contributed by atoms with Gasteiger partial charge in [0, 0.05) is 44.0 Å². The number of nitrogens with one attached hydrogen (secondary N) is 1. The van der Waals surface area contributed by atoms with Crippen molar-refractivity contribution in [1.82, 2.24) is 9.21 Å². The molecule has 1 N–H and O–H groups in total. The van der Waals surface area contributed by atoms with Gasteiger partial charge >= 0.3 is 11.9 Å². The van der Waals surface area contributed by atoms with E-state index in [1.807, 2.05) is 12.1 Å². The van der Waals surface area contributed by atoms with Crippen LogP contribution in [-0.2, 0) is 26.0 Å². The van der Waals surface area contributed by atoms with Gasteiger partial charge in [0.25, 0.3) is 5.91 Å². The summed E-state index contributed by atoms with van der Waals surface area (Å²) in [4.78, 5) is 38.8. The zero-order chi connectivity index (χ0) is 25.6. The maximum Gasteiger partial charge on any atom is 0.337 e. The summed E-state index contributed by atoms with van der Waals surface area (Å²) in [5, 5.41) is 2.69. The zero-order valence-corrected chi connectivity index (χ0v) is 20.8. The van der Waals surface area contributed by atoms with Gasteiger partial charge in [-0.2, -0.15) is 4.31 Å². The van der Waals surface area contributed by atoms with Crippen molar-refractivity contribution in [3.05, 3.63) is 64.7 Å². The Bertz CT molecular complexity index is 1150. The number of sulfonamides is 1. The van der Waals surface area contributed by atoms with Gasteiger partial charge in [-0.05, 0) is 42.8 Å². The number of amides is 1. The zero-order valence-electron chi connectivity index (χ0n) is 19.9. The SMILES string of the molecule is CCS(=O)(=O)N1CCN(Cc2ccc(C(=O)Nc3cc(C(=O)OC)cc(C(=O)OC)c3)cc2)CC1. The number of esters is 2. The van der Waals surface area contributed by atoms with E-state index in [4.69, 9.17) is 9.47 Å². The van der Waals surface area contributed by atoms with E-state index in [0.29, 0.717) is 38.3 Å². The summed E-state index contributed by atoms with van der Waals surface area (Å²) in [6.07, 6.45) is 0. The molecular weight excluding hydrogens is 474 g/mol. The normalized spacial score (nSPS) is 14.8. The van der Waals surface area contributed by atoms with Crippen LogP contribution in [0.1, 0.15) is 43.6 Å². The molecule has 1 aliphatic rings. The van der Waals surface area contributed by atoms with E-state index in [-0.39, 0.29) is 22.6 Å². The molecular formula is C24H29N3O7S. The van der Waals surface area contributed by atoms with Crippen LogP contribution in [0.2, 0.25) is 0 Å². The second kappa shape index (κ2) is 11.4. The van der Waals surface area contributed by atoms with Crippen molar-refractivity contribution in [2.75, 3.05) is 51.5 Å². The van der Waals surface area contributed by atoms with Gasteiger partial charge in [0.2, 0.25) is 10.0 Å². The van der Waals surface area contributed by atoms with Crippen molar-refractivity contribution in [2.45, 2.75) is 13.5 Å². The van der Waals surface area contributed by atoms with Crippen LogP contribution >= 0.6 is 0 Å². The molecule has 2 aromatic rings. The van der Waals surface area contributed by atoms with Crippen LogP contribution in [-0.4, -0.2) is 81.6 Å². The van der Waals surface area contributed by atoms with Crippen molar-refractivity contribution in [3.8, 4) is 0 Å². The van der Waals surface area contributed by atoms with Crippen LogP contribution in [0.5, 0.6) is 0 Å². The quantitative estimate of drug-likeness (QED) is 0.543. The van der Waals surface area contributed by atoms with E-state index in [2.05, 4.69) is 10.2 Å². The van der Waals surface area contributed by atoms with Crippen LogP contribution in [0, 0.1) is 0 Å². The minimum Gasteiger partial charge on any atom is -0.465 e. The maximum absolute atomic E-state index is 12.8. The second-order valence-corrected chi connectivity index (χ2v) is 10.3. The van der Waals surface area contributed by atoms with Gasteiger partial charge in [-0.25, -0.2) is 18.0 Å². The number of ether oxygens (including phenoxy) is 2. The van der Waals surface area contributed by atoms with Crippen LogP contribution < -0.4 is 5.32 Å². The Labute approximate surface area is 204 Å². The number of piperazine rings is 1. The van der Waals surface area contributed by atoms with E-state index in [9.17, 15) is 22.8 Å². The molecule has 0 radical (unpaired) electrons. The molecule has 11 heteroatoms. The van der Waals surface area contributed by atoms with E-state index in [0.717, 1.165) is 5.56 Å². The molecule has 1 aliphatic heterocycles. The van der Waals surface area contributed by atoms with Gasteiger partial charge in [0.1, 0.15) is 0 Å². The second-order valence-electron chi connectivity index (χ2n) is 8.01. The van der Waals surface area contributed by atoms with Gasteiger partial charge in [-0.1, -0.05) is 12.1 Å². The molecule has 0 spiro atoms. The van der Waals surface area contributed by atoms with Crippen molar-refractivity contribution in [3.63, 3.8) is 0 Å². The average Bonchev–Trinajstić information content (AvgIpc) is 2.88. The molecule has 1 amide bonds. The summed E-state index contributed by atoms with van der Waals surface area (Å²) in [7, 11) is -0.722. The Morgan fingerprint density at radius 2 is 1.40 bits per heavy atom. The number of methoxy groups -OCH3 is 2. The molecule has 35 heavy (non-hydrogen) atoms. The molecule has 3 rings (SSSR count). The van der Waals surface area contributed by atoms with Gasteiger partial charge in [-0.3, -0.25) is 9.69 Å². The molecule has 0 aromatic heterocycles. The molecule has 0 atom stereocenters. The highest BCUT2D eigenvalue weighted by molar-refractivity contribution is 7.89. The smallest absolute Gasteiger partial charge is 0.337 e. The number of carbonyl (C=O) groups is 3. The first kappa shape index (κ1) is 26.3. The van der Waals surface area contributed by atoms with Crippen molar-refractivity contribution in [2.24, 2.45) is 0 Å². The standard InChI is InChI=1S/C24H29N3O7S/c1-4-35(31,32)27-11-9-26(10-12-27)16-17-5-7-18(8-6-17)22(28)25-21-14-19(23(29)33-2)13-20(15-21)24(30)34-3/h5-8,13-15H,4,9-12,16H2,1-3H3,(H,25,28). The van der Waals surface area contributed by atoms with Gasteiger partial charge in [-0.15, -0.1) is 0 Å². The topological polar surface area (TPSA) is 122 Å². The third kappa shape index (κ3) is 6.65. The van der Waals surface area contributed by atoms with Crippen molar-refractivity contribution >= 4 is 33.6 Å². The van der Waals surface area contributed by atoms with E-state index >= 15 is 0 Å². The molecule has 2 aromatic carbocycles. The monoisotopic (exact) mass is 503 g/mol. The number of hydrogen-bond acceptors (Lipinski definition) is 8. The predicted molar refractivity (Wildman–Crippen MR) is 130 cm³/mol. The lowest BCUT2D eigenvalue weighted by atomic mass is 10.1. The van der Waals surface area contributed by atoms with Gasteiger partial charge in [0.15, 0.2) is 0 Å². The Morgan fingerprint density at radius 3 is 1.89 bits per heavy atom. The van der Waals surface area contributed by atoms with E-state index in [1.165, 1.54) is 36.7 Å². The number of rotatable bonds is 8. The highest BCUT2D eigenvalue weighted by atomic mass is 32.2. The summed E-state index contributed by atoms with van der Waals surface area (Å²) in [5.41, 5.74) is 1.85. The Balaban J connectivity index is 1.64. The number of carbonyl (C=O) groups excluding carboxylic acids is 3. The Kier molecular flexibility index (Phi) is 8.60. The summed E-state index contributed by atoms with van der Waals surface area (Å²) in [6, 6.07) is 11.2. The van der Waals surface area contributed by atoms with E-state index < -0.39 is 27.9 Å². The minimum atomic E-state index is -3.17. The molecule has 1 fully saturated rings. The number of anilines is 1. The molecule has 0 bridgehead atoms. The fourth-order valence-electron chi connectivity index (χ4n) is 3.74. The summed E-state index contributed by atoms with van der Waals surface area (Å²) < 4.78 is 35.0. The summed E-state index contributed by atoms with van der Waals surface area (Å²) in [5.74, 6) is -1.60. The highest BCUT2D eigenvalue weighted by Gasteiger charge is 2.25. The third-order valence-electron chi connectivity index (χ3n) is 5.74. The number of nitrogens with zero attached hydrogens (tertiary/aromatic N) is 2. The summed E-state index contributed by atoms with van der Waals surface area (Å²) >= 11 is 0. The summed E-state index contributed by atoms with van der Waals surface area (Å²) in [6.45, 7) is 4.50. The van der Waals surface area contributed by atoms with E-state index in [1.54, 1.807) is 19.1 Å².